The number of furan rings is 1. The second kappa shape index (κ2) is 6.30. The number of methoxy groups -OCH3 is 1. The number of nitrogens with zero attached hydrogens (tertiary/aromatic N) is 1. The SMILES string of the molecule is CCN(Cc1ccco1)C(=O)C(N)COC. The van der Waals surface area contributed by atoms with Crippen molar-refractivity contribution in [1.29, 1.82) is 0 Å². The molecule has 0 aliphatic rings. The first kappa shape index (κ1) is 12.7. The number of amides is 1. The van der Waals surface area contributed by atoms with E-state index in [2.05, 4.69) is 0 Å². The number of hydrogen-bond acceptors (Lipinski definition) is 4. The van der Waals surface area contributed by atoms with Crippen molar-refractivity contribution in [2.75, 3.05) is 20.3 Å². The number of nitrogens with two attached hydrogens (primary N) is 1. The standard InChI is InChI=1S/C11H18N2O3/c1-3-13(7-9-5-4-6-16-9)11(14)10(12)8-15-2/h4-6,10H,3,7-8,12H2,1-2H3. The van der Waals surface area contributed by atoms with E-state index >= 15 is 0 Å². The molecule has 0 radical (unpaired) electrons. The van der Waals surface area contributed by atoms with E-state index in [9.17, 15) is 4.79 Å². The van der Waals surface area contributed by atoms with Crippen LogP contribution in [0.3, 0.4) is 0 Å². The van der Waals surface area contributed by atoms with Gasteiger partial charge in [0.05, 0.1) is 19.4 Å². The molecule has 0 fully saturated rings. The minimum atomic E-state index is -0.611. The number of likely N-dealkylation sites (N-methyl/N-ethyl adjacent to an activating group) is 1. The number of carbonyl (C=O) groups excluding carboxylic acids is 1. The predicted molar refractivity (Wildman–Crippen MR) is 59.7 cm³/mol. The normalized spacial score (nSPS) is 12.4. The molecule has 0 aliphatic heterocycles. The smallest absolute Gasteiger partial charge is 0.242 e. The summed E-state index contributed by atoms with van der Waals surface area (Å²) in [6, 6.07) is 3.01. The molecule has 2 N–H and O–H groups in total. The van der Waals surface area contributed by atoms with Crippen molar-refractivity contribution in [3.63, 3.8) is 0 Å². The molecule has 1 heterocycles. The first-order chi connectivity index (χ1) is 7.69. The summed E-state index contributed by atoms with van der Waals surface area (Å²) in [5.41, 5.74) is 5.69. The fraction of sp³-hybridized carbons (Fsp3) is 0.545. The van der Waals surface area contributed by atoms with E-state index < -0.39 is 6.04 Å². The Hall–Kier alpha value is -1.33. The highest BCUT2D eigenvalue weighted by molar-refractivity contribution is 5.81. The monoisotopic (exact) mass is 226 g/mol. The van der Waals surface area contributed by atoms with Gasteiger partial charge in [0.1, 0.15) is 11.8 Å². The third-order valence-corrected chi connectivity index (χ3v) is 2.28. The van der Waals surface area contributed by atoms with Crippen LogP contribution in [0, 0.1) is 0 Å². The quantitative estimate of drug-likeness (QED) is 0.771. The van der Waals surface area contributed by atoms with Crippen LogP contribution in [0.25, 0.3) is 0 Å². The highest BCUT2D eigenvalue weighted by Crippen LogP contribution is 2.06. The summed E-state index contributed by atoms with van der Waals surface area (Å²) in [7, 11) is 1.52. The van der Waals surface area contributed by atoms with Crippen molar-refractivity contribution < 1.29 is 13.9 Å². The second-order valence-corrected chi connectivity index (χ2v) is 3.49. The van der Waals surface area contributed by atoms with Crippen LogP contribution in [-0.4, -0.2) is 37.1 Å². The summed E-state index contributed by atoms with van der Waals surface area (Å²) in [6.45, 7) is 3.17. The predicted octanol–water partition coefficient (Wildman–Crippen LogP) is 0.602. The maximum absolute atomic E-state index is 11.9. The Morgan fingerprint density at radius 3 is 2.94 bits per heavy atom. The van der Waals surface area contributed by atoms with Gasteiger partial charge in [-0.3, -0.25) is 4.79 Å². The molecule has 1 amide bonds. The first-order valence-corrected chi connectivity index (χ1v) is 5.24. The summed E-state index contributed by atoms with van der Waals surface area (Å²) in [5.74, 6) is 0.626. The number of hydrogen-bond donors (Lipinski definition) is 1. The zero-order valence-corrected chi connectivity index (χ0v) is 9.68. The van der Waals surface area contributed by atoms with Crippen molar-refractivity contribution in [3.8, 4) is 0 Å². The Kier molecular flexibility index (Phi) is 5.01. The second-order valence-electron chi connectivity index (χ2n) is 3.49. The minimum Gasteiger partial charge on any atom is -0.467 e. The van der Waals surface area contributed by atoms with E-state index in [1.165, 1.54) is 7.11 Å². The summed E-state index contributed by atoms with van der Waals surface area (Å²) in [4.78, 5) is 13.5. The highest BCUT2D eigenvalue weighted by atomic mass is 16.5. The van der Waals surface area contributed by atoms with Crippen LogP contribution >= 0.6 is 0 Å². The van der Waals surface area contributed by atoms with Gasteiger partial charge in [0.2, 0.25) is 5.91 Å². The van der Waals surface area contributed by atoms with E-state index in [4.69, 9.17) is 14.9 Å². The van der Waals surface area contributed by atoms with Crippen LogP contribution in [0.4, 0.5) is 0 Å². The van der Waals surface area contributed by atoms with Gasteiger partial charge in [-0.1, -0.05) is 0 Å². The van der Waals surface area contributed by atoms with Gasteiger partial charge in [0.25, 0.3) is 0 Å². The lowest BCUT2D eigenvalue weighted by Crippen LogP contribution is -2.45. The summed E-state index contributed by atoms with van der Waals surface area (Å²) in [5, 5.41) is 0. The molecule has 1 aromatic heterocycles. The van der Waals surface area contributed by atoms with E-state index in [0.29, 0.717) is 13.1 Å². The average Bonchev–Trinajstić information content (AvgIpc) is 2.78. The van der Waals surface area contributed by atoms with E-state index in [1.807, 2.05) is 13.0 Å². The Bertz CT molecular complexity index is 311. The lowest BCUT2D eigenvalue weighted by atomic mass is 10.2. The third-order valence-electron chi connectivity index (χ3n) is 2.28. The number of rotatable bonds is 6. The van der Waals surface area contributed by atoms with Crippen LogP contribution < -0.4 is 5.73 Å². The lowest BCUT2D eigenvalue weighted by molar-refractivity contribution is -0.134. The van der Waals surface area contributed by atoms with Crippen molar-refractivity contribution in [2.24, 2.45) is 5.73 Å². The van der Waals surface area contributed by atoms with Gasteiger partial charge in [-0.2, -0.15) is 0 Å². The van der Waals surface area contributed by atoms with Gasteiger partial charge in [-0.05, 0) is 19.1 Å². The molecule has 5 heteroatoms. The number of carbonyl (C=O) groups is 1. The molecule has 0 spiro atoms. The van der Waals surface area contributed by atoms with Crippen LogP contribution in [0.15, 0.2) is 22.8 Å². The fourth-order valence-electron chi connectivity index (χ4n) is 1.42. The van der Waals surface area contributed by atoms with Crippen LogP contribution in [-0.2, 0) is 16.1 Å². The van der Waals surface area contributed by atoms with Crippen molar-refractivity contribution in [3.05, 3.63) is 24.2 Å². The van der Waals surface area contributed by atoms with Crippen molar-refractivity contribution >= 4 is 5.91 Å². The Morgan fingerprint density at radius 2 is 2.44 bits per heavy atom. The molecule has 0 saturated carbocycles. The zero-order valence-electron chi connectivity index (χ0n) is 9.68. The first-order valence-electron chi connectivity index (χ1n) is 5.24. The average molecular weight is 226 g/mol. The molecule has 16 heavy (non-hydrogen) atoms. The van der Waals surface area contributed by atoms with Gasteiger partial charge < -0.3 is 19.8 Å². The van der Waals surface area contributed by atoms with Crippen molar-refractivity contribution in [1.82, 2.24) is 4.90 Å². The van der Waals surface area contributed by atoms with Crippen LogP contribution in [0.5, 0.6) is 0 Å². The molecule has 0 aliphatic carbocycles. The van der Waals surface area contributed by atoms with Gasteiger partial charge in [-0.25, -0.2) is 0 Å². The fourth-order valence-corrected chi connectivity index (χ4v) is 1.42. The molecule has 1 atom stereocenters. The molecule has 5 nitrogen and oxygen atoms in total. The van der Waals surface area contributed by atoms with E-state index in [-0.39, 0.29) is 12.5 Å². The van der Waals surface area contributed by atoms with Crippen LogP contribution in [0.1, 0.15) is 12.7 Å². The number of ether oxygens (including phenoxy) is 1. The maximum Gasteiger partial charge on any atom is 0.242 e. The summed E-state index contributed by atoms with van der Waals surface area (Å²) in [6.07, 6.45) is 1.59. The molecule has 90 valence electrons. The molecule has 0 saturated heterocycles. The van der Waals surface area contributed by atoms with Crippen molar-refractivity contribution in [2.45, 2.75) is 19.5 Å². The zero-order chi connectivity index (χ0) is 12.0. The summed E-state index contributed by atoms with van der Waals surface area (Å²) < 4.78 is 10.0. The molecule has 1 aromatic rings. The molecule has 0 aromatic carbocycles. The molecule has 0 bridgehead atoms. The molecule has 1 unspecified atom stereocenters. The Labute approximate surface area is 95.2 Å². The maximum atomic E-state index is 11.9. The largest absolute Gasteiger partial charge is 0.467 e. The topological polar surface area (TPSA) is 68.7 Å². The van der Waals surface area contributed by atoms with Gasteiger partial charge in [-0.15, -0.1) is 0 Å². The van der Waals surface area contributed by atoms with Gasteiger partial charge in [0.15, 0.2) is 0 Å². The highest BCUT2D eigenvalue weighted by Gasteiger charge is 2.20. The Balaban J connectivity index is 2.56. The molecule has 1 rings (SSSR count). The summed E-state index contributed by atoms with van der Waals surface area (Å²) >= 11 is 0. The third kappa shape index (κ3) is 3.36. The van der Waals surface area contributed by atoms with E-state index in [1.54, 1.807) is 17.2 Å². The molecular weight excluding hydrogens is 208 g/mol. The van der Waals surface area contributed by atoms with Gasteiger partial charge in [0, 0.05) is 13.7 Å². The van der Waals surface area contributed by atoms with Gasteiger partial charge >= 0.3 is 0 Å². The van der Waals surface area contributed by atoms with E-state index in [0.717, 1.165) is 5.76 Å². The van der Waals surface area contributed by atoms with Crippen LogP contribution in [0.2, 0.25) is 0 Å². The molecular formula is C11H18N2O3. The Morgan fingerprint density at radius 1 is 1.69 bits per heavy atom. The minimum absolute atomic E-state index is 0.124. The lowest BCUT2D eigenvalue weighted by Gasteiger charge is -2.22.